The van der Waals surface area contributed by atoms with Gasteiger partial charge in [-0.1, -0.05) is 31.9 Å². The van der Waals surface area contributed by atoms with Gasteiger partial charge in [-0.3, -0.25) is 9.59 Å². The molecular formula is C28H30F3N3O4. The highest BCUT2D eigenvalue weighted by Crippen LogP contribution is 2.31. The predicted molar refractivity (Wildman–Crippen MR) is 136 cm³/mol. The molecule has 2 atom stereocenters. The second-order valence-corrected chi connectivity index (χ2v) is 9.07. The highest BCUT2D eigenvalue weighted by Gasteiger charge is 2.30. The lowest BCUT2D eigenvalue weighted by atomic mass is 9.86. The van der Waals surface area contributed by atoms with Crippen LogP contribution in [0.25, 0.3) is 6.08 Å². The Morgan fingerprint density at radius 2 is 1.87 bits per heavy atom. The molecule has 2 aromatic rings. The smallest absolute Gasteiger partial charge is 0.416 e. The molecule has 3 rings (SSSR count). The van der Waals surface area contributed by atoms with E-state index in [0.29, 0.717) is 11.5 Å². The minimum Gasteiger partial charge on any atom is -0.490 e. The minimum atomic E-state index is -4.53. The summed E-state index contributed by atoms with van der Waals surface area (Å²) in [7, 11) is 0. The summed E-state index contributed by atoms with van der Waals surface area (Å²) in [5.41, 5.74) is -0.405. The van der Waals surface area contributed by atoms with E-state index in [1.54, 1.807) is 19.1 Å². The average molecular weight is 530 g/mol. The number of carbonyl (C=O) groups is 2. The lowest BCUT2D eigenvalue weighted by Crippen LogP contribution is -2.41. The maximum absolute atomic E-state index is 12.9. The molecule has 0 radical (unpaired) electrons. The standard InChI is InChI=1S/C28H30F3N3O4/c1-3-37-25-14-19(13-20(16-32)27(36)34-23-10-5-4-7-18(23)2)11-12-24(25)38-17-26(35)33-22-9-6-8-21(15-22)28(29,30)31/h6,8-9,11-15,18,23H,3-5,7,10,17H2,1-2H3,(H,33,35)(H,34,36). The van der Waals surface area contributed by atoms with Gasteiger partial charge in [0.25, 0.3) is 11.8 Å². The van der Waals surface area contributed by atoms with E-state index in [9.17, 15) is 28.0 Å². The molecule has 2 aromatic carbocycles. The average Bonchev–Trinajstić information content (AvgIpc) is 2.88. The number of amides is 2. The molecule has 0 heterocycles. The predicted octanol–water partition coefficient (Wildman–Crippen LogP) is 5.72. The van der Waals surface area contributed by atoms with Crippen molar-refractivity contribution in [1.29, 1.82) is 5.26 Å². The fourth-order valence-electron chi connectivity index (χ4n) is 4.21. The molecule has 0 aliphatic heterocycles. The van der Waals surface area contributed by atoms with E-state index in [0.717, 1.165) is 37.8 Å². The number of halogens is 3. The summed E-state index contributed by atoms with van der Waals surface area (Å²) >= 11 is 0. The second kappa shape index (κ2) is 13.0. The zero-order chi connectivity index (χ0) is 27.7. The van der Waals surface area contributed by atoms with E-state index >= 15 is 0 Å². The quantitative estimate of drug-likeness (QED) is 0.320. The van der Waals surface area contributed by atoms with Crippen LogP contribution in [0.2, 0.25) is 0 Å². The second-order valence-electron chi connectivity index (χ2n) is 9.07. The van der Waals surface area contributed by atoms with Crippen molar-refractivity contribution in [2.24, 2.45) is 5.92 Å². The zero-order valence-corrected chi connectivity index (χ0v) is 21.2. The van der Waals surface area contributed by atoms with Crippen LogP contribution in [0.4, 0.5) is 18.9 Å². The van der Waals surface area contributed by atoms with Crippen molar-refractivity contribution >= 4 is 23.6 Å². The molecule has 7 nitrogen and oxygen atoms in total. The van der Waals surface area contributed by atoms with E-state index < -0.39 is 30.2 Å². The fourth-order valence-corrected chi connectivity index (χ4v) is 4.21. The molecule has 202 valence electrons. The Labute approximate surface area is 219 Å². The summed E-state index contributed by atoms with van der Waals surface area (Å²) in [4.78, 5) is 25.0. The molecule has 10 heteroatoms. The van der Waals surface area contributed by atoms with Gasteiger partial charge in [-0.2, -0.15) is 18.4 Å². The highest BCUT2D eigenvalue weighted by atomic mass is 19.4. The fraction of sp³-hybridized carbons (Fsp3) is 0.393. The highest BCUT2D eigenvalue weighted by molar-refractivity contribution is 6.02. The Morgan fingerprint density at radius 3 is 2.55 bits per heavy atom. The first-order valence-corrected chi connectivity index (χ1v) is 12.4. The van der Waals surface area contributed by atoms with Crippen LogP contribution < -0.4 is 20.1 Å². The van der Waals surface area contributed by atoms with Gasteiger partial charge in [0.15, 0.2) is 18.1 Å². The number of nitriles is 1. The molecule has 1 aliphatic carbocycles. The number of ether oxygens (including phenoxy) is 2. The van der Waals surface area contributed by atoms with Gasteiger partial charge in [0.1, 0.15) is 11.6 Å². The Balaban J connectivity index is 1.67. The summed E-state index contributed by atoms with van der Waals surface area (Å²) in [6.07, 6.45) is 1.02. The lowest BCUT2D eigenvalue weighted by molar-refractivity contribution is -0.137. The maximum atomic E-state index is 12.9. The molecule has 38 heavy (non-hydrogen) atoms. The molecule has 2 unspecified atom stereocenters. The molecular weight excluding hydrogens is 499 g/mol. The number of nitrogens with zero attached hydrogens (tertiary/aromatic N) is 1. The molecule has 2 amide bonds. The summed E-state index contributed by atoms with van der Waals surface area (Å²) < 4.78 is 49.8. The van der Waals surface area contributed by atoms with Crippen LogP contribution in [0.3, 0.4) is 0 Å². The van der Waals surface area contributed by atoms with Gasteiger partial charge in [0.05, 0.1) is 12.2 Å². The molecule has 2 N–H and O–H groups in total. The third-order valence-corrected chi connectivity index (χ3v) is 6.20. The normalized spacial score (nSPS) is 17.7. The van der Waals surface area contributed by atoms with Crippen LogP contribution in [0.5, 0.6) is 11.5 Å². The van der Waals surface area contributed by atoms with E-state index in [1.807, 2.05) is 6.07 Å². The van der Waals surface area contributed by atoms with Crippen LogP contribution in [0, 0.1) is 17.2 Å². The van der Waals surface area contributed by atoms with Crippen molar-refractivity contribution < 1.29 is 32.2 Å². The monoisotopic (exact) mass is 529 g/mol. The third kappa shape index (κ3) is 8.00. The van der Waals surface area contributed by atoms with E-state index in [1.165, 1.54) is 24.3 Å². The first-order valence-electron chi connectivity index (χ1n) is 12.4. The molecule has 1 saturated carbocycles. The molecule has 1 aliphatic rings. The van der Waals surface area contributed by atoms with Crippen molar-refractivity contribution in [1.82, 2.24) is 5.32 Å². The number of hydrogen-bond acceptors (Lipinski definition) is 5. The molecule has 1 fully saturated rings. The number of nitrogens with one attached hydrogen (secondary N) is 2. The van der Waals surface area contributed by atoms with Gasteiger partial charge in [-0.15, -0.1) is 0 Å². The number of anilines is 1. The number of alkyl halides is 3. The number of benzene rings is 2. The van der Waals surface area contributed by atoms with Crippen molar-refractivity contribution in [3.8, 4) is 17.6 Å². The van der Waals surface area contributed by atoms with Gasteiger partial charge in [0, 0.05) is 11.7 Å². The number of hydrogen-bond donors (Lipinski definition) is 2. The zero-order valence-electron chi connectivity index (χ0n) is 21.2. The third-order valence-electron chi connectivity index (χ3n) is 6.20. The maximum Gasteiger partial charge on any atom is 0.416 e. The summed E-state index contributed by atoms with van der Waals surface area (Å²) in [6, 6.07) is 11.0. The van der Waals surface area contributed by atoms with Crippen LogP contribution in [-0.2, 0) is 15.8 Å². The van der Waals surface area contributed by atoms with Gasteiger partial charge in [0.2, 0.25) is 0 Å². The SMILES string of the molecule is CCOc1cc(C=C(C#N)C(=O)NC2CCCCC2C)ccc1OCC(=O)Nc1cccc(C(F)(F)F)c1. The van der Waals surface area contributed by atoms with Gasteiger partial charge >= 0.3 is 6.18 Å². The molecule has 0 bridgehead atoms. The summed E-state index contributed by atoms with van der Waals surface area (Å²) in [5.74, 6) is -0.236. The van der Waals surface area contributed by atoms with Crippen molar-refractivity contribution in [2.45, 2.75) is 51.7 Å². The van der Waals surface area contributed by atoms with E-state index in [4.69, 9.17) is 9.47 Å². The number of carbonyl (C=O) groups excluding carboxylic acids is 2. The van der Waals surface area contributed by atoms with Crippen molar-refractivity contribution in [3.63, 3.8) is 0 Å². The number of rotatable bonds is 9. The lowest BCUT2D eigenvalue weighted by Gasteiger charge is -2.29. The summed E-state index contributed by atoms with van der Waals surface area (Å²) in [6.45, 7) is 3.65. The Hall–Kier alpha value is -4.00. The van der Waals surface area contributed by atoms with Crippen molar-refractivity contribution in [3.05, 3.63) is 59.2 Å². The van der Waals surface area contributed by atoms with Crippen LogP contribution in [-0.4, -0.2) is 31.1 Å². The Morgan fingerprint density at radius 1 is 1.11 bits per heavy atom. The molecule has 0 aromatic heterocycles. The first-order chi connectivity index (χ1) is 18.1. The van der Waals surface area contributed by atoms with Gasteiger partial charge in [-0.25, -0.2) is 0 Å². The van der Waals surface area contributed by atoms with Crippen LogP contribution in [0.1, 0.15) is 50.7 Å². The largest absolute Gasteiger partial charge is 0.490 e. The topological polar surface area (TPSA) is 100 Å². The van der Waals surface area contributed by atoms with E-state index in [-0.39, 0.29) is 35.4 Å². The van der Waals surface area contributed by atoms with Gasteiger partial charge in [-0.05, 0) is 67.7 Å². The minimum absolute atomic E-state index is 0.0103. The first kappa shape index (κ1) is 28.6. The Kier molecular flexibility index (Phi) is 9.77. The molecule has 0 saturated heterocycles. The van der Waals surface area contributed by atoms with Crippen LogP contribution >= 0.6 is 0 Å². The van der Waals surface area contributed by atoms with E-state index in [2.05, 4.69) is 17.6 Å². The summed E-state index contributed by atoms with van der Waals surface area (Å²) in [5, 5.41) is 14.9. The molecule has 0 spiro atoms. The Bertz CT molecular complexity index is 1220. The van der Waals surface area contributed by atoms with Crippen LogP contribution in [0.15, 0.2) is 48.0 Å². The van der Waals surface area contributed by atoms with Gasteiger partial charge < -0.3 is 20.1 Å². The van der Waals surface area contributed by atoms with Crippen molar-refractivity contribution in [2.75, 3.05) is 18.5 Å².